The Morgan fingerprint density at radius 3 is 3.10 bits per heavy atom. The Kier molecular flexibility index (Phi) is 4.96. The second kappa shape index (κ2) is 7.91. The van der Waals surface area contributed by atoms with Gasteiger partial charge in [0.2, 0.25) is 5.91 Å². The smallest absolute Gasteiger partial charge is 0.274 e. The fourth-order valence-corrected chi connectivity index (χ4v) is 4.59. The number of nitrogens with zero attached hydrogens (tertiary/aromatic N) is 4. The molecule has 3 aromatic rings. The van der Waals surface area contributed by atoms with Crippen LogP contribution in [0.5, 0.6) is 5.75 Å². The van der Waals surface area contributed by atoms with Crippen molar-refractivity contribution in [2.75, 3.05) is 19.7 Å². The van der Waals surface area contributed by atoms with E-state index in [1.54, 1.807) is 17.2 Å². The van der Waals surface area contributed by atoms with Crippen LogP contribution in [0.3, 0.4) is 0 Å². The summed E-state index contributed by atoms with van der Waals surface area (Å²) in [5.41, 5.74) is 4.81. The average Bonchev–Trinajstić information content (AvgIpc) is 3.43. The molecule has 30 heavy (non-hydrogen) atoms. The van der Waals surface area contributed by atoms with Crippen molar-refractivity contribution in [3.63, 3.8) is 0 Å². The van der Waals surface area contributed by atoms with Crippen molar-refractivity contribution in [3.05, 3.63) is 64.1 Å². The molecule has 2 bridgehead atoms. The highest BCUT2D eigenvalue weighted by Crippen LogP contribution is 2.37. The fraction of sp³-hybridized carbons (Fsp3) is 0.333. The van der Waals surface area contributed by atoms with Gasteiger partial charge in [0.1, 0.15) is 18.0 Å². The number of fused-ring (bicyclic) bond motifs is 3. The Hall–Kier alpha value is -3.20. The molecule has 154 valence electrons. The molecule has 1 atom stereocenters. The van der Waals surface area contributed by atoms with E-state index in [0.29, 0.717) is 31.8 Å². The van der Waals surface area contributed by atoms with Crippen LogP contribution in [0.15, 0.2) is 41.5 Å². The SMILES string of the molecule is O=C1Cn2cnc3c2C(c2cccc(c2)OCCCN1)N(C(=O)c1cscn1)CC3. The highest BCUT2D eigenvalue weighted by molar-refractivity contribution is 7.07. The van der Waals surface area contributed by atoms with Crippen LogP contribution in [0.4, 0.5) is 0 Å². The molecule has 9 heteroatoms. The number of thiazole rings is 1. The van der Waals surface area contributed by atoms with Crippen molar-refractivity contribution in [2.45, 2.75) is 25.4 Å². The van der Waals surface area contributed by atoms with Gasteiger partial charge in [-0.25, -0.2) is 9.97 Å². The summed E-state index contributed by atoms with van der Waals surface area (Å²) in [6.07, 6.45) is 3.05. The molecule has 5 rings (SSSR count). The lowest BCUT2D eigenvalue weighted by Crippen LogP contribution is -2.42. The number of hydrogen-bond acceptors (Lipinski definition) is 6. The van der Waals surface area contributed by atoms with Crippen LogP contribution < -0.4 is 10.1 Å². The molecule has 2 aliphatic heterocycles. The maximum absolute atomic E-state index is 13.3. The average molecular weight is 423 g/mol. The Morgan fingerprint density at radius 1 is 1.30 bits per heavy atom. The Labute approximate surface area is 177 Å². The third-order valence-corrected chi connectivity index (χ3v) is 6.02. The first-order valence-corrected chi connectivity index (χ1v) is 10.9. The molecule has 0 aliphatic carbocycles. The lowest BCUT2D eigenvalue weighted by atomic mass is 9.94. The first-order valence-electron chi connectivity index (χ1n) is 9.93. The fourth-order valence-electron chi connectivity index (χ4n) is 4.07. The Morgan fingerprint density at radius 2 is 2.23 bits per heavy atom. The number of carbonyl (C=O) groups excluding carboxylic acids is 2. The van der Waals surface area contributed by atoms with Crippen LogP contribution in [-0.4, -0.2) is 50.9 Å². The van der Waals surface area contributed by atoms with Crippen LogP contribution in [0.1, 0.15) is 39.9 Å². The van der Waals surface area contributed by atoms with Crippen molar-refractivity contribution in [1.29, 1.82) is 0 Å². The minimum absolute atomic E-state index is 0.0807. The standard InChI is InChI=1S/C21H21N5O3S/c27-18-10-25-12-23-16-5-7-26(21(28)17-11-30-13-24-17)19(20(16)25)14-3-1-4-15(9-14)29-8-2-6-22-18/h1,3-4,9,11-13,19H,2,5-8,10H2,(H,22,27). The van der Waals surface area contributed by atoms with E-state index in [1.165, 1.54) is 11.3 Å². The van der Waals surface area contributed by atoms with Gasteiger partial charge < -0.3 is 19.5 Å². The van der Waals surface area contributed by atoms with Crippen molar-refractivity contribution >= 4 is 23.2 Å². The summed E-state index contributed by atoms with van der Waals surface area (Å²) < 4.78 is 7.75. The second-order valence-electron chi connectivity index (χ2n) is 7.35. The molecule has 1 aromatic carbocycles. The van der Waals surface area contributed by atoms with E-state index >= 15 is 0 Å². The van der Waals surface area contributed by atoms with E-state index in [-0.39, 0.29) is 24.4 Å². The first kappa shape index (κ1) is 18.8. The summed E-state index contributed by atoms with van der Waals surface area (Å²) in [6, 6.07) is 7.45. The third-order valence-electron chi connectivity index (χ3n) is 5.43. The molecule has 2 amide bonds. The number of nitrogens with one attached hydrogen (secondary N) is 1. The summed E-state index contributed by atoms with van der Waals surface area (Å²) in [4.78, 5) is 36.4. The van der Waals surface area contributed by atoms with Gasteiger partial charge in [-0.2, -0.15) is 0 Å². The number of hydrogen-bond donors (Lipinski definition) is 1. The summed E-state index contributed by atoms with van der Waals surface area (Å²) in [6.45, 7) is 1.75. The number of amides is 2. The second-order valence-corrected chi connectivity index (χ2v) is 8.07. The molecule has 2 aliphatic rings. The van der Waals surface area contributed by atoms with Gasteiger partial charge in [-0.3, -0.25) is 9.59 Å². The summed E-state index contributed by atoms with van der Waals surface area (Å²) in [7, 11) is 0. The van der Waals surface area contributed by atoms with E-state index in [9.17, 15) is 9.59 Å². The van der Waals surface area contributed by atoms with E-state index in [0.717, 1.165) is 29.1 Å². The monoisotopic (exact) mass is 423 g/mol. The molecule has 2 aromatic heterocycles. The summed E-state index contributed by atoms with van der Waals surface area (Å²) in [5, 5.41) is 4.69. The van der Waals surface area contributed by atoms with E-state index in [4.69, 9.17) is 4.74 Å². The predicted molar refractivity (Wildman–Crippen MR) is 110 cm³/mol. The maximum Gasteiger partial charge on any atom is 0.274 e. The topological polar surface area (TPSA) is 89.4 Å². The van der Waals surface area contributed by atoms with Gasteiger partial charge in [-0.15, -0.1) is 11.3 Å². The van der Waals surface area contributed by atoms with Gasteiger partial charge in [-0.05, 0) is 24.1 Å². The van der Waals surface area contributed by atoms with Gasteiger partial charge in [-0.1, -0.05) is 12.1 Å². The molecule has 1 unspecified atom stereocenters. The van der Waals surface area contributed by atoms with Gasteiger partial charge in [0.05, 0.1) is 35.9 Å². The van der Waals surface area contributed by atoms with Crippen LogP contribution in [0.2, 0.25) is 0 Å². The molecular weight excluding hydrogens is 402 g/mol. The number of rotatable bonds is 1. The van der Waals surface area contributed by atoms with Crippen molar-refractivity contribution in [1.82, 2.24) is 24.8 Å². The van der Waals surface area contributed by atoms with Crippen molar-refractivity contribution < 1.29 is 14.3 Å². The predicted octanol–water partition coefficient (Wildman–Crippen LogP) is 2.03. The summed E-state index contributed by atoms with van der Waals surface area (Å²) >= 11 is 1.40. The van der Waals surface area contributed by atoms with Crippen LogP contribution in [-0.2, 0) is 17.8 Å². The van der Waals surface area contributed by atoms with Gasteiger partial charge in [0, 0.05) is 24.9 Å². The largest absolute Gasteiger partial charge is 0.494 e. The third kappa shape index (κ3) is 3.45. The van der Waals surface area contributed by atoms with Gasteiger partial charge >= 0.3 is 0 Å². The number of aromatic nitrogens is 3. The molecule has 0 fully saturated rings. The molecule has 0 saturated heterocycles. The zero-order valence-corrected chi connectivity index (χ0v) is 17.1. The normalized spacial score (nSPS) is 18.9. The maximum atomic E-state index is 13.3. The van der Waals surface area contributed by atoms with Gasteiger partial charge in [0.25, 0.3) is 5.91 Å². The molecule has 1 N–H and O–H groups in total. The number of benzene rings is 1. The molecule has 0 saturated carbocycles. The zero-order valence-electron chi connectivity index (χ0n) is 16.3. The lowest BCUT2D eigenvalue weighted by molar-refractivity contribution is -0.121. The number of carbonyl (C=O) groups is 2. The Balaban J connectivity index is 1.64. The zero-order chi connectivity index (χ0) is 20.5. The minimum atomic E-state index is -0.373. The quantitative estimate of drug-likeness (QED) is 0.647. The molecule has 4 heterocycles. The van der Waals surface area contributed by atoms with Crippen LogP contribution >= 0.6 is 11.3 Å². The summed E-state index contributed by atoms with van der Waals surface area (Å²) in [5.74, 6) is 0.542. The van der Waals surface area contributed by atoms with Gasteiger partial charge in [0.15, 0.2) is 0 Å². The highest BCUT2D eigenvalue weighted by Gasteiger charge is 2.37. The van der Waals surface area contributed by atoms with Crippen molar-refractivity contribution in [2.24, 2.45) is 0 Å². The molecular formula is C21H21N5O3S. The van der Waals surface area contributed by atoms with Crippen LogP contribution in [0, 0.1) is 0 Å². The lowest BCUT2D eigenvalue weighted by Gasteiger charge is -2.36. The molecule has 0 spiro atoms. The first-order chi connectivity index (χ1) is 14.7. The van der Waals surface area contributed by atoms with E-state index < -0.39 is 0 Å². The van der Waals surface area contributed by atoms with Crippen molar-refractivity contribution in [3.8, 4) is 5.75 Å². The minimum Gasteiger partial charge on any atom is -0.494 e. The Bertz CT molecular complexity index is 1080. The van der Waals surface area contributed by atoms with E-state index in [1.807, 2.05) is 33.7 Å². The molecule has 0 radical (unpaired) electrons. The number of imidazole rings is 1. The molecule has 8 nitrogen and oxygen atoms in total. The van der Waals surface area contributed by atoms with E-state index in [2.05, 4.69) is 15.3 Å². The highest BCUT2D eigenvalue weighted by atomic mass is 32.1. The number of ether oxygens (including phenoxy) is 1. The van der Waals surface area contributed by atoms with Crippen LogP contribution in [0.25, 0.3) is 0 Å².